The third kappa shape index (κ3) is 4.53. The fraction of sp³-hybridized carbons (Fsp3) is 0.217. The molecule has 0 spiro atoms. The van der Waals surface area contributed by atoms with E-state index in [2.05, 4.69) is 10.3 Å². The van der Waals surface area contributed by atoms with Gasteiger partial charge in [0.05, 0.1) is 21.5 Å². The topological polar surface area (TPSA) is 79.4 Å². The first-order valence-electron chi connectivity index (χ1n) is 10.1. The van der Waals surface area contributed by atoms with Gasteiger partial charge in [0.15, 0.2) is 0 Å². The van der Waals surface area contributed by atoms with Crippen LogP contribution in [0.3, 0.4) is 0 Å². The number of benzene rings is 2. The molecule has 1 amide bonds. The zero-order valence-electron chi connectivity index (χ0n) is 17.0. The maximum atomic E-state index is 14.0. The second-order valence-electron chi connectivity index (χ2n) is 7.49. The molecule has 1 atom stereocenters. The van der Waals surface area contributed by atoms with Gasteiger partial charge in [-0.2, -0.15) is 4.31 Å². The van der Waals surface area contributed by atoms with E-state index in [4.69, 9.17) is 11.6 Å². The molecule has 0 bridgehead atoms. The Kier molecular flexibility index (Phi) is 6.55. The highest BCUT2D eigenvalue weighted by Gasteiger charge is 2.34. The van der Waals surface area contributed by atoms with Gasteiger partial charge in [-0.25, -0.2) is 12.8 Å². The molecule has 0 aliphatic carbocycles. The number of nitrogens with one attached hydrogen (secondary N) is 1. The molecule has 4 rings (SSSR count). The minimum absolute atomic E-state index is 0.00626. The summed E-state index contributed by atoms with van der Waals surface area (Å²) < 4.78 is 42.2. The average Bonchev–Trinajstić information content (AvgIpc) is 2.80. The van der Waals surface area contributed by atoms with Crippen molar-refractivity contribution in [3.63, 3.8) is 0 Å². The van der Waals surface area contributed by atoms with E-state index in [0.29, 0.717) is 12.2 Å². The first-order valence-corrected chi connectivity index (χ1v) is 12.0. The summed E-state index contributed by atoms with van der Waals surface area (Å²) in [6.45, 7) is 0.423. The van der Waals surface area contributed by atoms with E-state index in [-0.39, 0.29) is 21.5 Å². The van der Waals surface area contributed by atoms with Crippen LogP contribution < -0.4 is 5.32 Å². The van der Waals surface area contributed by atoms with E-state index in [1.54, 1.807) is 18.5 Å². The minimum Gasteiger partial charge on any atom is -0.322 e. The fourth-order valence-electron chi connectivity index (χ4n) is 3.85. The first-order chi connectivity index (χ1) is 15.4. The lowest BCUT2D eigenvalue weighted by molar-refractivity contribution is 0.102. The van der Waals surface area contributed by atoms with E-state index < -0.39 is 21.7 Å². The molecule has 166 valence electrons. The van der Waals surface area contributed by atoms with Gasteiger partial charge < -0.3 is 5.32 Å². The molecule has 2 heterocycles. The summed E-state index contributed by atoms with van der Waals surface area (Å²) in [7, 11) is -3.76. The maximum Gasteiger partial charge on any atom is 0.260 e. The Morgan fingerprint density at radius 2 is 1.88 bits per heavy atom. The number of hydrogen-bond acceptors (Lipinski definition) is 4. The molecule has 1 aliphatic rings. The number of carbonyl (C=O) groups excluding carboxylic acids is 1. The molecule has 2 aromatic carbocycles. The standard InChI is InChI=1S/C23H21ClFN3O3S/c24-19-6-3-7-20(25)22(19)23(29)27-17-9-11-18(12-10-17)32(30,31)28-14-2-1-8-21(28)16-5-4-13-26-15-16/h3-7,9-13,15,21H,1-2,8,14H2,(H,27,29). The van der Waals surface area contributed by atoms with Crippen molar-refractivity contribution in [1.29, 1.82) is 0 Å². The van der Waals surface area contributed by atoms with Crippen molar-refractivity contribution < 1.29 is 17.6 Å². The molecule has 0 saturated carbocycles. The Labute approximate surface area is 191 Å². The van der Waals surface area contributed by atoms with Gasteiger partial charge in [0.2, 0.25) is 10.0 Å². The Balaban J connectivity index is 1.55. The normalized spacial score (nSPS) is 17.1. The molecule has 1 aliphatic heterocycles. The van der Waals surface area contributed by atoms with Gasteiger partial charge in [-0.3, -0.25) is 9.78 Å². The van der Waals surface area contributed by atoms with Gasteiger partial charge >= 0.3 is 0 Å². The highest BCUT2D eigenvalue weighted by molar-refractivity contribution is 7.89. The van der Waals surface area contributed by atoms with E-state index in [1.165, 1.54) is 40.7 Å². The first kappa shape index (κ1) is 22.4. The summed E-state index contributed by atoms with van der Waals surface area (Å²) in [6, 6.07) is 13.2. The number of nitrogens with zero attached hydrogens (tertiary/aromatic N) is 2. The third-order valence-corrected chi connectivity index (χ3v) is 7.67. The predicted octanol–water partition coefficient (Wildman–Crippen LogP) is 5.04. The molecule has 1 aromatic heterocycles. The largest absolute Gasteiger partial charge is 0.322 e. The molecule has 32 heavy (non-hydrogen) atoms. The van der Waals surface area contributed by atoms with E-state index in [0.717, 1.165) is 30.9 Å². The number of piperidine rings is 1. The molecule has 3 aromatic rings. The van der Waals surface area contributed by atoms with Crippen LogP contribution in [-0.4, -0.2) is 30.2 Å². The Hall–Kier alpha value is -2.81. The lowest BCUT2D eigenvalue weighted by Crippen LogP contribution is -2.38. The molecule has 1 fully saturated rings. The number of aromatic nitrogens is 1. The van der Waals surface area contributed by atoms with Crippen molar-refractivity contribution >= 4 is 33.2 Å². The third-order valence-electron chi connectivity index (χ3n) is 5.43. The zero-order valence-corrected chi connectivity index (χ0v) is 18.6. The van der Waals surface area contributed by atoms with Crippen molar-refractivity contribution in [2.45, 2.75) is 30.2 Å². The van der Waals surface area contributed by atoms with Gasteiger partial charge in [-0.15, -0.1) is 0 Å². The van der Waals surface area contributed by atoms with Crippen molar-refractivity contribution in [2.75, 3.05) is 11.9 Å². The van der Waals surface area contributed by atoms with Crippen LogP contribution in [0, 0.1) is 5.82 Å². The SMILES string of the molecule is O=C(Nc1ccc(S(=O)(=O)N2CCCCC2c2cccnc2)cc1)c1c(F)cccc1Cl. The highest BCUT2D eigenvalue weighted by atomic mass is 35.5. The number of halogens is 2. The number of hydrogen-bond donors (Lipinski definition) is 1. The number of carbonyl (C=O) groups is 1. The molecule has 1 saturated heterocycles. The van der Waals surface area contributed by atoms with Crippen molar-refractivity contribution in [2.24, 2.45) is 0 Å². The summed E-state index contributed by atoms with van der Waals surface area (Å²) in [5, 5.41) is 2.55. The summed E-state index contributed by atoms with van der Waals surface area (Å²) in [5.74, 6) is -1.45. The van der Waals surface area contributed by atoms with Crippen LogP contribution in [0.25, 0.3) is 0 Å². The minimum atomic E-state index is -3.76. The van der Waals surface area contributed by atoms with Crippen LogP contribution in [0.5, 0.6) is 0 Å². The highest BCUT2D eigenvalue weighted by Crippen LogP contribution is 2.35. The van der Waals surface area contributed by atoms with Crippen molar-refractivity contribution in [3.05, 3.63) is 89.0 Å². The second-order valence-corrected chi connectivity index (χ2v) is 9.79. The smallest absolute Gasteiger partial charge is 0.260 e. The van der Waals surface area contributed by atoms with Crippen LogP contribution >= 0.6 is 11.6 Å². The number of anilines is 1. The van der Waals surface area contributed by atoms with E-state index in [1.807, 2.05) is 6.07 Å². The van der Waals surface area contributed by atoms with Gasteiger partial charge in [-0.1, -0.05) is 30.2 Å². The molecular formula is C23H21ClFN3O3S. The van der Waals surface area contributed by atoms with Crippen LogP contribution in [0.2, 0.25) is 5.02 Å². The summed E-state index contributed by atoms with van der Waals surface area (Å²) in [6.07, 6.45) is 5.81. The zero-order chi connectivity index (χ0) is 22.7. The van der Waals surface area contributed by atoms with Crippen LogP contribution in [0.15, 0.2) is 71.9 Å². The number of sulfonamides is 1. The lowest BCUT2D eigenvalue weighted by Gasteiger charge is -2.34. The summed E-state index contributed by atoms with van der Waals surface area (Å²) in [5.41, 5.74) is 0.927. The Morgan fingerprint density at radius 1 is 1.09 bits per heavy atom. The van der Waals surface area contributed by atoms with E-state index >= 15 is 0 Å². The van der Waals surface area contributed by atoms with Crippen LogP contribution in [0.1, 0.15) is 41.2 Å². The van der Waals surface area contributed by atoms with Gasteiger partial charge in [-0.05, 0) is 60.9 Å². The van der Waals surface area contributed by atoms with Gasteiger partial charge in [0.1, 0.15) is 5.82 Å². The van der Waals surface area contributed by atoms with Gasteiger partial charge in [0, 0.05) is 24.6 Å². The molecule has 6 nitrogen and oxygen atoms in total. The molecule has 1 unspecified atom stereocenters. The van der Waals surface area contributed by atoms with Gasteiger partial charge in [0.25, 0.3) is 5.91 Å². The number of amides is 1. The van der Waals surface area contributed by atoms with E-state index in [9.17, 15) is 17.6 Å². The molecular weight excluding hydrogens is 453 g/mol. The summed E-state index contributed by atoms with van der Waals surface area (Å²) in [4.78, 5) is 16.7. The van der Waals surface area contributed by atoms with Crippen molar-refractivity contribution in [1.82, 2.24) is 9.29 Å². The quantitative estimate of drug-likeness (QED) is 0.562. The number of pyridine rings is 1. The second kappa shape index (κ2) is 9.36. The fourth-order valence-corrected chi connectivity index (χ4v) is 5.78. The predicted molar refractivity (Wildman–Crippen MR) is 121 cm³/mol. The monoisotopic (exact) mass is 473 g/mol. The van der Waals surface area contributed by atoms with Crippen molar-refractivity contribution in [3.8, 4) is 0 Å². The lowest BCUT2D eigenvalue weighted by atomic mass is 9.99. The number of rotatable bonds is 5. The Morgan fingerprint density at radius 3 is 2.56 bits per heavy atom. The van der Waals surface area contributed by atoms with Crippen LogP contribution in [0.4, 0.5) is 10.1 Å². The summed E-state index contributed by atoms with van der Waals surface area (Å²) >= 11 is 5.94. The Bertz CT molecular complexity index is 1200. The molecule has 0 radical (unpaired) electrons. The molecule has 9 heteroatoms. The average molecular weight is 474 g/mol. The maximum absolute atomic E-state index is 14.0. The van der Waals surface area contributed by atoms with Crippen LogP contribution in [-0.2, 0) is 10.0 Å². The molecule has 1 N–H and O–H groups in total.